The maximum absolute atomic E-state index is 11.7. The van der Waals surface area contributed by atoms with Crippen LogP contribution in [0.25, 0.3) is 0 Å². The molecule has 0 bridgehead atoms. The van der Waals surface area contributed by atoms with Crippen molar-refractivity contribution < 1.29 is 14.3 Å². The van der Waals surface area contributed by atoms with Crippen molar-refractivity contribution >= 4 is 5.91 Å². The number of rotatable bonds is 8. The number of hydrogen-bond donors (Lipinski definition) is 1. The molecule has 0 fully saturated rings. The third-order valence-corrected chi connectivity index (χ3v) is 3.58. The summed E-state index contributed by atoms with van der Waals surface area (Å²) in [4.78, 5) is 11.7. The van der Waals surface area contributed by atoms with Crippen molar-refractivity contribution in [2.45, 2.75) is 20.3 Å². The van der Waals surface area contributed by atoms with Gasteiger partial charge in [0.2, 0.25) is 5.91 Å². The van der Waals surface area contributed by atoms with Crippen LogP contribution in [-0.2, 0) is 4.79 Å². The lowest BCUT2D eigenvalue weighted by atomic mass is 10.1. The minimum Gasteiger partial charge on any atom is -0.493 e. The van der Waals surface area contributed by atoms with Gasteiger partial charge in [-0.3, -0.25) is 4.79 Å². The molecule has 1 amide bonds. The molecule has 23 heavy (non-hydrogen) atoms. The van der Waals surface area contributed by atoms with Crippen LogP contribution in [0.15, 0.2) is 48.5 Å². The van der Waals surface area contributed by atoms with Crippen molar-refractivity contribution in [2.75, 3.05) is 19.8 Å². The smallest absolute Gasteiger partial charge is 0.223 e. The van der Waals surface area contributed by atoms with Crippen LogP contribution in [0, 0.1) is 13.8 Å². The molecule has 0 heterocycles. The second-order valence-corrected chi connectivity index (χ2v) is 5.31. The molecule has 2 aromatic rings. The lowest BCUT2D eigenvalue weighted by Gasteiger charge is -2.11. The van der Waals surface area contributed by atoms with Crippen LogP contribution >= 0.6 is 0 Å². The molecule has 0 atom stereocenters. The van der Waals surface area contributed by atoms with Crippen LogP contribution in [0.2, 0.25) is 0 Å². The molecule has 4 nitrogen and oxygen atoms in total. The van der Waals surface area contributed by atoms with Gasteiger partial charge in [0, 0.05) is 0 Å². The minimum absolute atomic E-state index is 0.0366. The molecule has 0 spiro atoms. The zero-order valence-electron chi connectivity index (χ0n) is 13.7. The van der Waals surface area contributed by atoms with E-state index in [4.69, 9.17) is 9.47 Å². The van der Waals surface area contributed by atoms with Gasteiger partial charge in [-0.05, 0) is 43.2 Å². The van der Waals surface area contributed by atoms with Gasteiger partial charge in [-0.25, -0.2) is 0 Å². The van der Waals surface area contributed by atoms with Crippen molar-refractivity contribution in [2.24, 2.45) is 0 Å². The summed E-state index contributed by atoms with van der Waals surface area (Å²) in [5, 5.41) is 2.83. The fourth-order valence-electron chi connectivity index (χ4n) is 2.10. The van der Waals surface area contributed by atoms with Crippen LogP contribution in [-0.4, -0.2) is 25.7 Å². The van der Waals surface area contributed by atoms with Crippen LogP contribution in [0.1, 0.15) is 17.5 Å². The Bertz CT molecular complexity index is 626. The summed E-state index contributed by atoms with van der Waals surface area (Å²) in [5.74, 6) is 1.61. The normalized spacial score (nSPS) is 10.2. The lowest BCUT2D eigenvalue weighted by molar-refractivity contribution is -0.121. The van der Waals surface area contributed by atoms with E-state index in [0.717, 1.165) is 17.1 Å². The number of para-hydroxylation sites is 1. The molecule has 0 unspecified atom stereocenters. The summed E-state index contributed by atoms with van der Waals surface area (Å²) in [6, 6.07) is 15.4. The summed E-state index contributed by atoms with van der Waals surface area (Å²) in [5.41, 5.74) is 2.33. The number of nitrogens with one attached hydrogen (secondary N) is 1. The Morgan fingerprint density at radius 1 is 0.957 bits per heavy atom. The molecular formula is C19H23NO3. The van der Waals surface area contributed by atoms with Crippen molar-refractivity contribution in [3.63, 3.8) is 0 Å². The standard InChI is InChI=1S/C19H23NO3/c1-15-7-6-10-18(16(15)2)23-14-12-20-19(21)11-13-22-17-8-4-3-5-9-17/h3-10H,11-14H2,1-2H3,(H,20,21). The van der Waals surface area contributed by atoms with Gasteiger partial charge in [0.25, 0.3) is 0 Å². The Balaban J connectivity index is 1.60. The van der Waals surface area contributed by atoms with E-state index in [2.05, 4.69) is 18.3 Å². The van der Waals surface area contributed by atoms with Crippen LogP contribution < -0.4 is 14.8 Å². The zero-order chi connectivity index (χ0) is 16.5. The maximum Gasteiger partial charge on any atom is 0.223 e. The predicted molar refractivity (Wildman–Crippen MR) is 91.0 cm³/mol. The van der Waals surface area contributed by atoms with Crippen molar-refractivity contribution in [3.8, 4) is 11.5 Å². The first kappa shape index (κ1) is 16.9. The van der Waals surface area contributed by atoms with E-state index in [1.165, 1.54) is 5.56 Å². The first-order valence-electron chi connectivity index (χ1n) is 7.80. The Kier molecular flexibility index (Phi) is 6.48. The molecule has 122 valence electrons. The molecule has 1 N–H and O–H groups in total. The second kappa shape index (κ2) is 8.83. The number of carbonyl (C=O) groups excluding carboxylic acids is 1. The Hall–Kier alpha value is -2.49. The van der Waals surface area contributed by atoms with E-state index < -0.39 is 0 Å². The average molecular weight is 313 g/mol. The number of aryl methyl sites for hydroxylation is 1. The van der Waals surface area contributed by atoms with Gasteiger partial charge < -0.3 is 14.8 Å². The molecule has 0 aliphatic carbocycles. The molecule has 2 rings (SSSR count). The van der Waals surface area contributed by atoms with E-state index in [1.807, 2.05) is 49.4 Å². The molecule has 2 aromatic carbocycles. The second-order valence-electron chi connectivity index (χ2n) is 5.31. The van der Waals surface area contributed by atoms with Gasteiger partial charge in [0.15, 0.2) is 0 Å². The van der Waals surface area contributed by atoms with E-state index in [9.17, 15) is 4.79 Å². The minimum atomic E-state index is -0.0366. The molecule has 0 saturated heterocycles. The summed E-state index contributed by atoms with van der Waals surface area (Å²) in [7, 11) is 0. The van der Waals surface area contributed by atoms with Crippen molar-refractivity contribution in [1.29, 1.82) is 0 Å². The van der Waals surface area contributed by atoms with Gasteiger partial charge in [0.05, 0.1) is 19.6 Å². The number of amides is 1. The SMILES string of the molecule is Cc1cccc(OCCNC(=O)CCOc2ccccc2)c1C. The van der Waals surface area contributed by atoms with Gasteiger partial charge in [-0.2, -0.15) is 0 Å². The monoisotopic (exact) mass is 313 g/mol. The summed E-state index contributed by atoms with van der Waals surface area (Å²) in [6.45, 7) is 5.39. The van der Waals surface area contributed by atoms with E-state index in [-0.39, 0.29) is 5.91 Å². The third-order valence-electron chi connectivity index (χ3n) is 3.58. The van der Waals surface area contributed by atoms with Gasteiger partial charge in [-0.15, -0.1) is 0 Å². The highest BCUT2D eigenvalue weighted by molar-refractivity contribution is 5.75. The molecule has 0 saturated carbocycles. The number of benzene rings is 2. The molecular weight excluding hydrogens is 290 g/mol. The predicted octanol–water partition coefficient (Wildman–Crippen LogP) is 3.27. The average Bonchev–Trinajstić information content (AvgIpc) is 2.56. The molecule has 0 aliphatic heterocycles. The van der Waals surface area contributed by atoms with Gasteiger partial charge in [0.1, 0.15) is 18.1 Å². The fraction of sp³-hybridized carbons (Fsp3) is 0.316. The molecule has 0 radical (unpaired) electrons. The van der Waals surface area contributed by atoms with Gasteiger partial charge in [-0.1, -0.05) is 30.3 Å². The maximum atomic E-state index is 11.7. The number of ether oxygens (including phenoxy) is 2. The molecule has 0 aliphatic rings. The highest BCUT2D eigenvalue weighted by Gasteiger charge is 2.03. The van der Waals surface area contributed by atoms with Crippen molar-refractivity contribution in [3.05, 3.63) is 59.7 Å². The number of hydrogen-bond acceptors (Lipinski definition) is 3. The highest BCUT2D eigenvalue weighted by atomic mass is 16.5. The third kappa shape index (κ3) is 5.66. The molecule has 4 heteroatoms. The molecule has 0 aromatic heterocycles. The Morgan fingerprint density at radius 2 is 1.74 bits per heavy atom. The van der Waals surface area contributed by atoms with Crippen LogP contribution in [0.4, 0.5) is 0 Å². The lowest BCUT2D eigenvalue weighted by Crippen LogP contribution is -2.29. The quantitative estimate of drug-likeness (QED) is 0.761. The van der Waals surface area contributed by atoms with E-state index in [0.29, 0.717) is 26.2 Å². The Labute approximate surface area is 137 Å². The summed E-state index contributed by atoms with van der Waals surface area (Å²) >= 11 is 0. The summed E-state index contributed by atoms with van der Waals surface area (Å²) < 4.78 is 11.2. The van der Waals surface area contributed by atoms with Crippen molar-refractivity contribution in [1.82, 2.24) is 5.32 Å². The van der Waals surface area contributed by atoms with E-state index in [1.54, 1.807) is 0 Å². The van der Waals surface area contributed by atoms with Gasteiger partial charge >= 0.3 is 0 Å². The van der Waals surface area contributed by atoms with Crippen LogP contribution in [0.5, 0.6) is 11.5 Å². The highest BCUT2D eigenvalue weighted by Crippen LogP contribution is 2.20. The van der Waals surface area contributed by atoms with Crippen LogP contribution in [0.3, 0.4) is 0 Å². The largest absolute Gasteiger partial charge is 0.493 e. The first-order valence-corrected chi connectivity index (χ1v) is 7.80. The van der Waals surface area contributed by atoms with E-state index >= 15 is 0 Å². The fourth-order valence-corrected chi connectivity index (χ4v) is 2.10. The first-order chi connectivity index (χ1) is 11.2. The topological polar surface area (TPSA) is 47.6 Å². The number of carbonyl (C=O) groups is 1. The summed E-state index contributed by atoms with van der Waals surface area (Å²) in [6.07, 6.45) is 0.332. The zero-order valence-corrected chi connectivity index (χ0v) is 13.7. The Morgan fingerprint density at radius 3 is 2.52 bits per heavy atom.